The van der Waals surface area contributed by atoms with Crippen molar-refractivity contribution in [2.45, 2.75) is 6.92 Å². The zero-order chi connectivity index (χ0) is 12.7. The van der Waals surface area contributed by atoms with Gasteiger partial charge < -0.3 is 5.11 Å². The van der Waals surface area contributed by atoms with E-state index in [1.807, 2.05) is 0 Å². The second kappa shape index (κ2) is 2610. The van der Waals surface area contributed by atoms with E-state index in [9.17, 15) is 0 Å². The molecule has 15 heavy (non-hydrogen) atoms. The molecule has 0 fully saturated rings. The van der Waals surface area contributed by atoms with Crippen molar-refractivity contribution in [1.29, 1.82) is 0 Å². The van der Waals surface area contributed by atoms with Gasteiger partial charge in [-0.25, -0.2) is 0 Å². The van der Waals surface area contributed by atoms with Crippen LogP contribution in [0.4, 0.5) is 0 Å². The molecule has 0 atom stereocenters. The fraction of sp³-hybridized carbons (Fsp3) is 0.143. The second-order valence-corrected chi connectivity index (χ2v) is 0.204. The van der Waals surface area contributed by atoms with Gasteiger partial charge in [0.15, 0.2) is 0 Å². The summed E-state index contributed by atoms with van der Waals surface area (Å²) < 4.78 is 37.5. The molecule has 0 aliphatic carbocycles. The molecule has 0 aromatic heterocycles. The molecule has 0 aromatic rings. The van der Waals surface area contributed by atoms with Gasteiger partial charge in [0.05, 0.1) is 0 Å². The van der Waals surface area contributed by atoms with Gasteiger partial charge in [-0.2, -0.15) is 0 Å². The Balaban J connectivity index is -0.00000000643. The van der Waals surface area contributed by atoms with Crippen LogP contribution in [0.1, 0.15) is 6.92 Å². The van der Waals surface area contributed by atoms with Crippen LogP contribution in [0.3, 0.4) is 0 Å². The van der Waals surface area contributed by atoms with Crippen LogP contribution < -0.4 is 24.0 Å². The molecule has 8 heteroatoms. The molecule has 0 aliphatic heterocycles. The van der Waals surface area contributed by atoms with Crippen LogP contribution in [0, 0.1) is 39.9 Å². The molecule has 0 saturated heterocycles. The molecule has 0 amide bonds. The Hall–Kier alpha value is -0.0543. The van der Waals surface area contributed by atoms with Crippen LogP contribution in [-0.2, 0) is 44.3 Å². The average Bonchev–Trinajstić information content (AvgIpc) is 2.32. The summed E-state index contributed by atoms with van der Waals surface area (Å²) in [6, 6.07) is 0. The van der Waals surface area contributed by atoms with Gasteiger partial charge in [-0.3, -0.25) is 0 Å². The monoisotopic (exact) mass is 374 g/mol. The molecule has 0 aliphatic rings. The Morgan fingerprint density at radius 2 is 0.733 bits per heavy atom. The summed E-state index contributed by atoms with van der Waals surface area (Å²) in [5.74, 6) is 0. The maximum absolute atomic E-state index is 8.68. The first-order valence-corrected chi connectivity index (χ1v) is 1.72. The van der Waals surface area contributed by atoms with Gasteiger partial charge in [0, 0.05) is 21.1 Å². The SMILES string of the molecule is C[C][O-].[C-]#[O+].[C-]#[O+].[C-]#[O+].[C-]#[O+].[C-]#[O+].[Li+].[W]. The zero-order valence-electron chi connectivity index (χ0n) is 7.86. The van der Waals surface area contributed by atoms with Crippen LogP contribution in [0.2, 0.25) is 0 Å². The van der Waals surface area contributed by atoms with E-state index < -0.39 is 0 Å². The zero-order valence-corrected chi connectivity index (χ0v) is 10.8. The van der Waals surface area contributed by atoms with E-state index in [2.05, 4.69) is 33.3 Å². The standard InChI is InChI=1S/C2H3O.5CO.Li.W/c1-2-3;5*1-2;;/h1H3;;;;;;;/q-1;;;;;;+1;. The predicted octanol–water partition coefficient (Wildman–Crippen LogP) is -3.78. The molecular formula is C7H3LiO6W. The number of hydrogen-bond donors (Lipinski definition) is 0. The van der Waals surface area contributed by atoms with Crippen molar-refractivity contribution in [2.24, 2.45) is 0 Å². The smallest absolute Gasteiger partial charge is 0 e. The molecule has 74 valence electrons. The molecule has 0 rings (SSSR count). The van der Waals surface area contributed by atoms with E-state index in [0.29, 0.717) is 0 Å². The number of hydrogen-bond acceptors (Lipinski definition) is 1. The maximum atomic E-state index is 8.68. The fourth-order valence-corrected chi connectivity index (χ4v) is 0. The van der Waals surface area contributed by atoms with Gasteiger partial charge in [0.2, 0.25) is 0 Å². The molecule has 0 saturated carbocycles. The Morgan fingerprint density at radius 1 is 0.733 bits per heavy atom. The van der Waals surface area contributed by atoms with E-state index in [1.54, 1.807) is 0 Å². The minimum Gasteiger partial charge on any atom is 0 e. The third-order valence-corrected chi connectivity index (χ3v) is 0. The first-order chi connectivity index (χ1) is 6.41. The van der Waals surface area contributed by atoms with Crippen molar-refractivity contribution in [1.82, 2.24) is 0 Å². The van der Waals surface area contributed by atoms with Crippen molar-refractivity contribution in [3.8, 4) is 0 Å². The van der Waals surface area contributed by atoms with Gasteiger partial charge in [-0.05, 0) is 0 Å². The van der Waals surface area contributed by atoms with Gasteiger partial charge in [0.1, 0.15) is 0 Å². The third-order valence-electron chi connectivity index (χ3n) is 0. The predicted molar refractivity (Wildman–Crippen MR) is 28.6 cm³/mol. The van der Waals surface area contributed by atoms with Crippen molar-refractivity contribution in [3.63, 3.8) is 0 Å². The fourth-order valence-electron chi connectivity index (χ4n) is 0. The van der Waals surface area contributed by atoms with Crippen molar-refractivity contribution >= 4 is 0 Å². The van der Waals surface area contributed by atoms with E-state index >= 15 is 0 Å². The first-order valence-electron chi connectivity index (χ1n) is 1.72. The van der Waals surface area contributed by atoms with Gasteiger partial charge in [-0.15, -0.1) is 6.61 Å². The Labute approximate surface area is 115 Å². The summed E-state index contributed by atoms with van der Waals surface area (Å²) in [6.07, 6.45) is 0. The second-order valence-electron chi connectivity index (χ2n) is 0.204. The molecule has 0 heterocycles. The van der Waals surface area contributed by atoms with Crippen LogP contribution in [-0.4, -0.2) is 0 Å². The van der Waals surface area contributed by atoms with E-state index in [-0.39, 0.29) is 39.9 Å². The Bertz CT molecular complexity index is 92.8. The van der Waals surface area contributed by atoms with Crippen molar-refractivity contribution < 1.29 is 68.3 Å². The van der Waals surface area contributed by atoms with Gasteiger partial charge in [-0.1, -0.05) is 6.92 Å². The minimum atomic E-state index is 0. The molecule has 0 spiro atoms. The quantitative estimate of drug-likeness (QED) is 0.241. The van der Waals surface area contributed by atoms with Crippen LogP contribution >= 0.6 is 0 Å². The third kappa shape index (κ3) is 675000. The normalized spacial score (nSPS) is 1.87. The topological polar surface area (TPSA) is 123 Å². The largest absolute Gasteiger partial charge is 1.00 e. The molecular weight excluding hydrogens is 371 g/mol. The van der Waals surface area contributed by atoms with Gasteiger partial charge in [0.25, 0.3) is 0 Å². The van der Waals surface area contributed by atoms with E-state index in [0.717, 1.165) is 0 Å². The molecule has 0 bridgehead atoms. The maximum Gasteiger partial charge on any atom is 1.00 e. The Kier molecular flexibility index (Phi) is 10500. The number of rotatable bonds is 0. The molecule has 2 radical (unpaired) electrons. The summed E-state index contributed by atoms with van der Waals surface area (Å²) in [4.78, 5) is 0. The van der Waals surface area contributed by atoms with E-state index in [1.165, 1.54) is 13.5 Å². The molecule has 6 nitrogen and oxygen atoms in total. The molecule has 0 N–H and O–H groups in total. The summed E-state index contributed by atoms with van der Waals surface area (Å²) in [5, 5.41) is 8.68. The first kappa shape index (κ1) is 60.3. The summed E-state index contributed by atoms with van der Waals surface area (Å²) >= 11 is 0. The van der Waals surface area contributed by atoms with Crippen LogP contribution in [0.15, 0.2) is 0 Å². The summed E-state index contributed by atoms with van der Waals surface area (Å²) in [6.45, 7) is 25.3. The Morgan fingerprint density at radius 3 is 0.733 bits per heavy atom. The summed E-state index contributed by atoms with van der Waals surface area (Å²) in [5.41, 5.74) is 0. The van der Waals surface area contributed by atoms with Crippen molar-refractivity contribution in [2.75, 3.05) is 0 Å². The molecule has 0 unspecified atom stereocenters. The minimum absolute atomic E-state index is 0. The van der Waals surface area contributed by atoms with Gasteiger partial charge >= 0.3 is 75.4 Å². The van der Waals surface area contributed by atoms with Crippen LogP contribution in [0.5, 0.6) is 0 Å². The average molecular weight is 374 g/mol. The molecule has 0 aromatic carbocycles. The van der Waals surface area contributed by atoms with E-state index in [4.69, 9.17) is 28.4 Å². The van der Waals surface area contributed by atoms with Crippen molar-refractivity contribution in [3.05, 3.63) is 39.9 Å². The summed E-state index contributed by atoms with van der Waals surface area (Å²) in [7, 11) is 0. The van der Waals surface area contributed by atoms with Crippen LogP contribution in [0.25, 0.3) is 0 Å².